The quantitative estimate of drug-likeness (QED) is 0.402. The number of nitrogens with one attached hydrogen (secondary N) is 1. The van der Waals surface area contributed by atoms with Crippen molar-refractivity contribution in [3.63, 3.8) is 0 Å². The minimum Gasteiger partial charge on any atom is -0.464 e. The maximum atomic E-state index is 13.1. The maximum absolute atomic E-state index is 13.1. The second-order valence-electron chi connectivity index (χ2n) is 5.92. The van der Waals surface area contributed by atoms with Crippen molar-refractivity contribution >= 4 is 28.6 Å². The number of carbonyl (C=O) groups is 3. The smallest absolute Gasteiger partial charge is 0.413 e. The van der Waals surface area contributed by atoms with Gasteiger partial charge in [-0.2, -0.15) is 0 Å². The Balaban J connectivity index is 1.87. The fraction of sp³-hybridized carbons (Fsp3) is 0.136. The van der Waals surface area contributed by atoms with Crippen LogP contribution in [0.4, 0.5) is 4.79 Å². The largest absolute Gasteiger partial charge is 0.464 e. The molecule has 6 heteroatoms. The number of carbonyl (C=O) groups excluding carboxylic acids is 3. The van der Waals surface area contributed by atoms with Crippen molar-refractivity contribution in [2.24, 2.45) is 0 Å². The molecule has 1 amide bonds. The Morgan fingerprint density at radius 1 is 0.893 bits per heavy atom. The van der Waals surface area contributed by atoms with Crippen LogP contribution >= 0.6 is 0 Å². The fourth-order valence-electron chi connectivity index (χ4n) is 2.80. The van der Waals surface area contributed by atoms with Gasteiger partial charge in [0.1, 0.15) is 5.75 Å². The molecular formula is C22H19NO5. The molecule has 0 heterocycles. The summed E-state index contributed by atoms with van der Waals surface area (Å²) in [6.07, 6.45) is -0.919. The first-order chi connectivity index (χ1) is 13.6. The van der Waals surface area contributed by atoms with Gasteiger partial charge in [-0.1, -0.05) is 60.7 Å². The Morgan fingerprint density at radius 3 is 2.32 bits per heavy atom. The molecule has 3 rings (SSSR count). The fourth-order valence-corrected chi connectivity index (χ4v) is 2.80. The van der Waals surface area contributed by atoms with Crippen molar-refractivity contribution in [2.75, 3.05) is 6.61 Å². The van der Waals surface area contributed by atoms with Gasteiger partial charge in [-0.3, -0.25) is 4.79 Å². The van der Waals surface area contributed by atoms with Crippen molar-refractivity contribution in [1.82, 2.24) is 5.32 Å². The zero-order valence-electron chi connectivity index (χ0n) is 15.3. The van der Waals surface area contributed by atoms with E-state index < -0.39 is 23.9 Å². The van der Waals surface area contributed by atoms with E-state index in [1.165, 1.54) is 0 Å². The molecule has 1 N–H and O–H groups in total. The Hall–Kier alpha value is -3.67. The summed E-state index contributed by atoms with van der Waals surface area (Å²) >= 11 is 0. The number of Topliss-reactive ketones (excluding diaryl/α,β-unsaturated/α-hetero) is 1. The first-order valence-electron chi connectivity index (χ1n) is 8.82. The van der Waals surface area contributed by atoms with Crippen molar-refractivity contribution in [1.29, 1.82) is 0 Å². The summed E-state index contributed by atoms with van der Waals surface area (Å²) < 4.78 is 10.1. The molecule has 0 radical (unpaired) electrons. The number of rotatable bonds is 6. The molecule has 142 valence electrons. The number of ether oxygens (including phenoxy) is 2. The average Bonchev–Trinajstić information content (AvgIpc) is 2.72. The van der Waals surface area contributed by atoms with Crippen LogP contribution in [-0.2, 0) is 9.53 Å². The van der Waals surface area contributed by atoms with E-state index in [0.717, 1.165) is 5.39 Å². The number of amides is 1. The molecule has 3 aromatic carbocycles. The van der Waals surface area contributed by atoms with Gasteiger partial charge in [-0.05, 0) is 29.8 Å². The van der Waals surface area contributed by atoms with Crippen molar-refractivity contribution in [3.8, 4) is 5.75 Å². The summed E-state index contributed by atoms with van der Waals surface area (Å²) in [4.78, 5) is 37.7. The molecule has 0 saturated heterocycles. The molecule has 0 aliphatic rings. The van der Waals surface area contributed by atoms with Gasteiger partial charge in [-0.15, -0.1) is 0 Å². The summed E-state index contributed by atoms with van der Waals surface area (Å²) in [5.74, 6) is -1.12. The van der Waals surface area contributed by atoms with Gasteiger partial charge in [0.05, 0.1) is 6.61 Å². The van der Waals surface area contributed by atoms with E-state index in [0.29, 0.717) is 16.7 Å². The summed E-state index contributed by atoms with van der Waals surface area (Å²) in [6, 6.07) is 19.3. The van der Waals surface area contributed by atoms with E-state index in [4.69, 9.17) is 9.47 Å². The van der Waals surface area contributed by atoms with Crippen LogP contribution in [-0.4, -0.2) is 30.5 Å². The third kappa shape index (κ3) is 4.35. The zero-order chi connectivity index (χ0) is 19.9. The van der Waals surface area contributed by atoms with E-state index in [-0.39, 0.29) is 6.61 Å². The molecule has 1 unspecified atom stereocenters. The first-order valence-corrected chi connectivity index (χ1v) is 8.82. The Morgan fingerprint density at radius 2 is 1.57 bits per heavy atom. The van der Waals surface area contributed by atoms with Gasteiger partial charge in [0, 0.05) is 5.56 Å². The van der Waals surface area contributed by atoms with E-state index in [9.17, 15) is 14.4 Å². The third-order valence-electron chi connectivity index (χ3n) is 4.06. The minimum absolute atomic E-state index is 0.0769. The lowest BCUT2D eigenvalue weighted by molar-refractivity contribution is -0.144. The van der Waals surface area contributed by atoms with Crippen LogP contribution in [0.25, 0.3) is 10.8 Å². The highest BCUT2D eigenvalue weighted by atomic mass is 16.6. The van der Waals surface area contributed by atoms with Crippen LogP contribution in [0.2, 0.25) is 0 Å². The van der Waals surface area contributed by atoms with Crippen LogP contribution in [0, 0.1) is 0 Å². The summed E-state index contributed by atoms with van der Waals surface area (Å²) in [6.45, 7) is 1.70. The number of benzene rings is 3. The van der Waals surface area contributed by atoms with E-state index in [2.05, 4.69) is 5.32 Å². The third-order valence-corrected chi connectivity index (χ3v) is 4.06. The molecule has 6 nitrogen and oxygen atoms in total. The number of esters is 1. The van der Waals surface area contributed by atoms with Gasteiger partial charge in [0.2, 0.25) is 0 Å². The first kappa shape index (κ1) is 19.1. The zero-order valence-corrected chi connectivity index (χ0v) is 15.3. The number of hydrogen-bond acceptors (Lipinski definition) is 5. The second-order valence-corrected chi connectivity index (χ2v) is 5.92. The van der Waals surface area contributed by atoms with Crippen molar-refractivity contribution in [3.05, 3.63) is 78.4 Å². The minimum atomic E-state index is -1.51. The highest BCUT2D eigenvalue weighted by Crippen LogP contribution is 2.20. The van der Waals surface area contributed by atoms with Gasteiger partial charge in [0.25, 0.3) is 0 Å². The Bertz CT molecular complexity index is 995. The molecule has 0 aliphatic carbocycles. The van der Waals surface area contributed by atoms with Gasteiger partial charge < -0.3 is 14.8 Å². The lowest BCUT2D eigenvalue weighted by Crippen LogP contribution is -2.48. The molecule has 0 saturated carbocycles. The maximum Gasteiger partial charge on any atom is 0.413 e. The second kappa shape index (κ2) is 8.81. The van der Waals surface area contributed by atoms with Gasteiger partial charge >= 0.3 is 12.1 Å². The number of ketones is 1. The monoisotopic (exact) mass is 377 g/mol. The van der Waals surface area contributed by atoms with Gasteiger partial charge in [-0.25, -0.2) is 9.59 Å². The van der Waals surface area contributed by atoms with Crippen molar-refractivity contribution in [2.45, 2.75) is 13.0 Å². The summed E-state index contributed by atoms with van der Waals surface area (Å²) in [5, 5.41) is 3.86. The molecule has 0 aliphatic heterocycles. The predicted molar refractivity (Wildman–Crippen MR) is 104 cm³/mol. The number of fused-ring (bicyclic) bond motifs is 1. The highest BCUT2D eigenvalue weighted by molar-refractivity contribution is 6.18. The van der Waals surface area contributed by atoms with E-state index >= 15 is 0 Å². The number of para-hydroxylation sites is 1. The van der Waals surface area contributed by atoms with E-state index in [1.807, 2.05) is 18.2 Å². The topological polar surface area (TPSA) is 81.7 Å². The number of hydrogen-bond donors (Lipinski definition) is 1. The SMILES string of the molecule is CCOC(=O)C(NC(=O)Oc1ccccc1)C(=O)c1cccc2ccccc12. The molecule has 0 aromatic heterocycles. The highest BCUT2D eigenvalue weighted by Gasteiger charge is 2.32. The normalized spacial score (nSPS) is 11.5. The summed E-state index contributed by atoms with van der Waals surface area (Å²) in [7, 11) is 0. The van der Waals surface area contributed by atoms with Crippen LogP contribution in [0.5, 0.6) is 5.75 Å². The summed E-state index contributed by atoms with van der Waals surface area (Å²) in [5.41, 5.74) is 0.316. The van der Waals surface area contributed by atoms with Crippen LogP contribution in [0.15, 0.2) is 72.8 Å². The molecule has 3 aromatic rings. The van der Waals surface area contributed by atoms with Crippen LogP contribution in [0.1, 0.15) is 17.3 Å². The molecule has 28 heavy (non-hydrogen) atoms. The van der Waals surface area contributed by atoms with E-state index in [1.54, 1.807) is 61.5 Å². The molecular weight excluding hydrogens is 358 g/mol. The van der Waals surface area contributed by atoms with Crippen LogP contribution in [0.3, 0.4) is 0 Å². The lowest BCUT2D eigenvalue weighted by Gasteiger charge is -2.17. The van der Waals surface area contributed by atoms with Crippen molar-refractivity contribution < 1.29 is 23.9 Å². The van der Waals surface area contributed by atoms with Gasteiger partial charge in [0.15, 0.2) is 11.8 Å². The standard InChI is InChI=1S/C22H19NO5/c1-2-27-21(25)19(23-22(26)28-16-11-4-3-5-12-16)20(24)18-14-8-10-15-9-6-7-13-17(15)18/h3-14,19H,2H2,1H3,(H,23,26). The van der Waals surface area contributed by atoms with Crippen LogP contribution < -0.4 is 10.1 Å². The predicted octanol–water partition coefficient (Wildman–Crippen LogP) is 3.74. The molecule has 0 spiro atoms. The average molecular weight is 377 g/mol. The Labute approximate surface area is 162 Å². The Kier molecular flexibility index (Phi) is 6.01. The molecule has 0 bridgehead atoms. The molecule has 0 fully saturated rings. The lowest BCUT2D eigenvalue weighted by atomic mass is 9.97. The molecule has 1 atom stereocenters.